The van der Waals surface area contributed by atoms with Crippen LogP contribution in [0.25, 0.3) is 5.57 Å². The number of anilines is 2. The van der Waals surface area contributed by atoms with Crippen molar-refractivity contribution in [3.63, 3.8) is 0 Å². The van der Waals surface area contributed by atoms with Crippen molar-refractivity contribution < 1.29 is 9.90 Å². The van der Waals surface area contributed by atoms with Crippen molar-refractivity contribution >= 4 is 22.9 Å². The zero-order chi connectivity index (χ0) is 19.1. The Bertz CT molecular complexity index is 909. The SMILES string of the molecule is CCC(Nc1cnn(C(C)C)c1)=C1C(=O)Nc2ccc(C(O)C3CC3)cc21. The van der Waals surface area contributed by atoms with E-state index in [2.05, 4.69) is 29.6 Å². The molecule has 0 saturated heterocycles. The first kappa shape index (κ1) is 17.8. The summed E-state index contributed by atoms with van der Waals surface area (Å²) in [5.41, 5.74) is 4.91. The molecule has 2 aliphatic rings. The Morgan fingerprint density at radius 1 is 1.41 bits per heavy atom. The van der Waals surface area contributed by atoms with Crippen LogP contribution in [0.5, 0.6) is 0 Å². The number of hydrogen-bond donors (Lipinski definition) is 3. The fourth-order valence-electron chi connectivity index (χ4n) is 3.54. The summed E-state index contributed by atoms with van der Waals surface area (Å²) >= 11 is 0. The van der Waals surface area contributed by atoms with Gasteiger partial charge >= 0.3 is 0 Å². The minimum Gasteiger partial charge on any atom is -0.388 e. The van der Waals surface area contributed by atoms with Gasteiger partial charge in [0.1, 0.15) is 0 Å². The van der Waals surface area contributed by atoms with Gasteiger partial charge in [0.25, 0.3) is 5.91 Å². The van der Waals surface area contributed by atoms with Crippen LogP contribution in [0.1, 0.15) is 63.3 Å². The molecule has 1 fully saturated rings. The van der Waals surface area contributed by atoms with E-state index in [-0.39, 0.29) is 11.9 Å². The van der Waals surface area contributed by atoms with Crippen LogP contribution < -0.4 is 10.6 Å². The van der Waals surface area contributed by atoms with Crippen LogP contribution in [0.15, 0.2) is 36.3 Å². The van der Waals surface area contributed by atoms with Gasteiger partial charge in [0.05, 0.1) is 23.6 Å². The Labute approximate surface area is 159 Å². The first-order chi connectivity index (χ1) is 13.0. The third kappa shape index (κ3) is 3.37. The number of carbonyl (C=O) groups is 1. The minimum absolute atomic E-state index is 0.108. The molecule has 27 heavy (non-hydrogen) atoms. The highest BCUT2D eigenvalue weighted by Gasteiger charge is 2.33. The highest BCUT2D eigenvalue weighted by molar-refractivity contribution is 6.32. The molecule has 1 amide bonds. The normalized spacial score (nSPS) is 19.1. The number of allylic oxidation sites excluding steroid dienone is 1. The largest absolute Gasteiger partial charge is 0.388 e. The van der Waals surface area contributed by atoms with Gasteiger partial charge in [0.2, 0.25) is 0 Å². The van der Waals surface area contributed by atoms with Crippen molar-refractivity contribution in [3.8, 4) is 0 Å². The van der Waals surface area contributed by atoms with Crippen molar-refractivity contribution in [2.45, 2.75) is 52.2 Å². The molecule has 1 atom stereocenters. The summed E-state index contributed by atoms with van der Waals surface area (Å²) < 4.78 is 1.88. The third-order valence-electron chi connectivity index (χ3n) is 5.28. The number of hydrogen-bond acceptors (Lipinski definition) is 4. The van der Waals surface area contributed by atoms with E-state index >= 15 is 0 Å². The number of carbonyl (C=O) groups excluding carboxylic acids is 1. The molecule has 1 aromatic heterocycles. The van der Waals surface area contributed by atoms with Crippen LogP contribution in [0.4, 0.5) is 11.4 Å². The second-order valence-corrected chi connectivity index (χ2v) is 7.68. The van der Waals surface area contributed by atoms with Crippen LogP contribution in [0.2, 0.25) is 0 Å². The maximum atomic E-state index is 12.7. The second-order valence-electron chi connectivity index (χ2n) is 7.68. The molecule has 1 aromatic carbocycles. The van der Waals surface area contributed by atoms with Gasteiger partial charge in [-0.15, -0.1) is 0 Å². The molecule has 1 aliphatic carbocycles. The number of aromatic nitrogens is 2. The molecule has 4 rings (SSSR count). The lowest BCUT2D eigenvalue weighted by atomic mass is 9.97. The molecule has 6 nitrogen and oxygen atoms in total. The van der Waals surface area contributed by atoms with Crippen LogP contribution in [0.3, 0.4) is 0 Å². The predicted octanol–water partition coefficient (Wildman–Crippen LogP) is 4.09. The summed E-state index contributed by atoms with van der Waals surface area (Å²) in [7, 11) is 0. The topological polar surface area (TPSA) is 79.2 Å². The van der Waals surface area contributed by atoms with Crippen LogP contribution in [0, 0.1) is 5.92 Å². The summed E-state index contributed by atoms with van der Waals surface area (Å²) in [4.78, 5) is 12.7. The summed E-state index contributed by atoms with van der Waals surface area (Å²) in [5.74, 6) is 0.245. The first-order valence-corrected chi connectivity index (χ1v) is 9.66. The third-order valence-corrected chi connectivity index (χ3v) is 5.28. The van der Waals surface area contributed by atoms with Crippen molar-refractivity contribution in [2.75, 3.05) is 10.6 Å². The summed E-state index contributed by atoms with van der Waals surface area (Å²) in [6, 6.07) is 6.04. The summed E-state index contributed by atoms with van der Waals surface area (Å²) in [6.07, 6.45) is 6.10. The van der Waals surface area contributed by atoms with Crippen LogP contribution >= 0.6 is 0 Å². The quantitative estimate of drug-likeness (QED) is 0.673. The van der Waals surface area contributed by atoms with Crippen molar-refractivity contribution in [2.24, 2.45) is 5.92 Å². The fraction of sp³-hybridized carbons (Fsp3) is 0.429. The lowest BCUT2D eigenvalue weighted by molar-refractivity contribution is -0.110. The highest BCUT2D eigenvalue weighted by atomic mass is 16.3. The Hall–Kier alpha value is -2.60. The van der Waals surface area contributed by atoms with E-state index in [1.165, 1.54) is 0 Å². The molecule has 1 unspecified atom stereocenters. The highest BCUT2D eigenvalue weighted by Crippen LogP contribution is 2.43. The first-order valence-electron chi connectivity index (χ1n) is 9.66. The van der Waals surface area contributed by atoms with Gasteiger partial charge in [-0.1, -0.05) is 13.0 Å². The van der Waals surface area contributed by atoms with Crippen molar-refractivity contribution in [1.82, 2.24) is 9.78 Å². The van der Waals surface area contributed by atoms with Gasteiger partial charge in [-0.3, -0.25) is 9.48 Å². The van der Waals surface area contributed by atoms with E-state index < -0.39 is 6.10 Å². The Kier molecular flexibility index (Phi) is 4.52. The molecule has 0 bridgehead atoms. The molecular formula is C21H26N4O2. The molecule has 2 aromatic rings. The van der Waals surface area contributed by atoms with E-state index in [9.17, 15) is 9.90 Å². The lowest BCUT2D eigenvalue weighted by Gasteiger charge is -2.13. The number of rotatable bonds is 6. The van der Waals surface area contributed by atoms with Gasteiger partial charge < -0.3 is 15.7 Å². The maximum absolute atomic E-state index is 12.7. The predicted molar refractivity (Wildman–Crippen MR) is 106 cm³/mol. The number of fused-ring (bicyclic) bond motifs is 1. The number of benzene rings is 1. The molecule has 142 valence electrons. The Morgan fingerprint density at radius 2 is 2.19 bits per heavy atom. The number of aliphatic hydroxyl groups excluding tert-OH is 1. The maximum Gasteiger partial charge on any atom is 0.258 e. The molecule has 1 saturated carbocycles. The lowest BCUT2D eigenvalue weighted by Crippen LogP contribution is -2.10. The van der Waals surface area contributed by atoms with Gasteiger partial charge in [0, 0.05) is 29.2 Å². The van der Waals surface area contributed by atoms with E-state index in [0.29, 0.717) is 17.9 Å². The smallest absolute Gasteiger partial charge is 0.258 e. The summed E-state index contributed by atoms with van der Waals surface area (Å²) in [5, 5.41) is 21.2. The average molecular weight is 366 g/mol. The molecule has 6 heteroatoms. The van der Waals surface area contributed by atoms with Gasteiger partial charge in [0.15, 0.2) is 0 Å². The second kappa shape index (κ2) is 6.85. The van der Waals surface area contributed by atoms with E-state index in [1.807, 2.05) is 36.0 Å². The van der Waals surface area contributed by atoms with E-state index in [1.54, 1.807) is 6.20 Å². The average Bonchev–Trinajstić information content (AvgIpc) is 3.30. The fourth-order valence-corrected chi connectivity index (χ4v) is 3.54. The zero-order valence-electron chi connectivity index (χ0n) is 16.0. The van der Waals surface area contributed by atoms with Gasteiger partial charge in [-0.05, 0) is 56.7 Å². The van der Waals surface area contributed by atoms with Gasteiger partial charge in [-0.25, -0.2) is 0 Å². The van der Waals surface area contributed by atoms with Crippen molar-refractivity contribution in [1.29, 1.82) is 0 Å². The minimum atomic E-state index is -0.449. The number of aliphatic hydroxyl groups is 1. The van der Waals surface area contributed by atoms with Crippen LogP contribution in [-0.2, 0) is 4.79 Å². The molecule has 1 aliphatic heterocycles. The molecule has 3 N–H and O–H groups in total. The monoisotopic (exact) mass is 366 g/mol. The molecule has 0 radical (unpaired) electrons. The number of nitrogens with one attached hydrogen (secondary N) is 2. The van der Waals surface area contributed by atoms with E-state index in [0.717, 1.165) is 41.0 Å². The molecular weight excluding hydrogens is 340 g/mol. The van der Waals surface area contributed by atoms with E-state index in [4.69, 9.17) is 0 Å². The standard InChI is InChI=1S/C21H26N4O2/c1-4-17(23-15-10-22-25(11-15)12(2)3)19-16-9-14(20(26)13-5-6-13)7-8-18(16)24-21(19)27/h7-13,20,23,26H,4-6H2,1-3H3,(H,24,27). The van der Waals surface area contributed by atoms with Crippen LogP contribution in [-0.4, -0.2) is 20.8 Å². The summed E-state index contributed by atoms with van der Waals surface area (Å²) in [6.45, 7) is 6.17. The van der Waals surface area contributed by atoms with Crippen molar-refractivity contribution in [3.05, 3.63) is 47.4 Å². The molecule has 0 spiro atoms. The Balaban J connectivity index is 1.70. The number of amides is 1. The van der Waals surface area contributed by atoms with Gasteiger partial charge in [-0.2, -0.15) is 5.10 Å². The Morgan fingerprint density at radius 3 is 2.81 bits per heavy atom. The molecule has 2 heterocycles. The zero-order valence-corrected chi connectivity index (χ0v) is 16.0. The number of nitrogens with zero attached hydrogens (tertiary/aromatic N) is 2.